The third-order valence-electron chi connectivity index (χ3n) is 2.46. The Morgan fingerprint density at radius 1 is 1.40 bits per heavy atom. The molecular formula is C11H14N2O6S. The third kappa shape index (κ3) is 3.45. The second-order valence-electron chi connectivity index (χ2n) is 3.92. The average molecular weight is 302 g/mol. The van der Waals surface area contributed by atoms with E-state index in [1.165, 1.54) is 26.2 Å². The number of carbonyl (C=O) groups excluding carboxylic acids is 1. The smallest absolute Gasteiger partial charge is 0.335 e. The molecule has 20 heavy (non-hydrogen) atoms. The molecule has 0 bridgehead atoms. The molecule has 0 saturated heterocycles. The monoisotopic (exact) mass is 302 g/mol. The van der Waals surface area contributed by atoms with Crippen LogP contribution in [-0.4, -0.2) is 38.6 Å². The zero-order chi connectivity index (χ0) is 15.5. The Kier molecular flexibility index (Phi) is 4.69. The van der Waals surface area contributed by atoms with Gasteiger partial charge in [-0.25, -0.2) is 13.2 Å². The van der Waals surface area contributed by atoms with Crippen molar-refractivity contribution in [2.45, 2.75) is 17.9 Å². The van der Waals surface area contributed by atoms with Crippen molar-refractivity contribution in [1.29, 1.82) is 0 Å². The lowest BCUT2D eigenvalue weighted by Gasteiger charge is -2.14. The number of amides is 1. The normalized spacial score (nSPS) is 12.7. The van der Waals surface area contributed by atoms with Crippen molar-refractivity contribution < 1.29 is 27.9 Å². The van der Waals surface area contributed by atoms with Crippen molar-refractivity contribution in [3.8, 4) is 5.75 Å². The average Bonchev–Trinajstić information content (AvgIpc) is 2.37. The molecule has 1 atom stereocenters. The fourth-order valence-corrected chi connectivity index (χ4v) is 2.78. The summed E-state index contributed by atoms with van der Waals surface area (Å²) >= 11 is 0. The number of carboxylic acids is 1. The predicted octanol–water partition coefficient (Wildman–Crippen LogP) is -0.454. The Labute approximate surface area is 115 Å². The third-order valence-corrected chi connectivity index (χ3v) is 4.02. The molecule has 1 rings (SSSR count). The van der Waals surface area contributed by atoms with Crippen molar-refractivity contribution in [3.05, 3.63) is 23.8 Å². The number of sulfonamides is 1. The lowest BCUT2D eigenvalue weighted by molar-refractivity contribution is -0.119. The van der Waals surface area contributed by atoms with E-state index < -0.39 is 27.9 Å². The van der Waals surface area contributed by atoms with Gasteiger partial charge >= 0.3 is 5.97 Å². The van der Waals surface area contributed by atoms with Gasteiger partial charge in [0.05, 0.1) is 18.7 Å². The highest BCUT2D eigenvalue weighted by Crippen LogP contribution is 2.25. The molecule has 4 N–H and O–H groups in total. The van der Waals surface area contributed by atoms with E-state index in [-0.39, 0.29) is 16.2 Å². The summed E-state index contributed by atoms with van der Waals surface area (Å²) in [5, 5.41) is 8.88. The molecule has 0 fully saturated rings. The highest BCUT2D eigenvalue weighted by atomic mass is 32.2. The molecule has 8 nitrogen and oxygen atoms in total. The van der Waals surface area contributed by atoms with E-state index in [9.17, 15) is 18.0 Å². The largest absolute Gasteiger partial charge is 0.495 e. The number of benzene rings is 1. The minimum absolute atomic E-state index is 0.0424. The van der Waals surface area contributed by atoms with E-state index in [4.69, 9.17) is 15.6 Å². The van der Waals surface area contributed by atoms with Gasteiger partial charge < -0.3 is 15.6 Å². The van der Waals surface area contributed by atoms with E-state index in [0.29, 0.717) is 0 Å². The number of hydrogen-bond acceptors (Lipinski definition) is 5. The van der Waals surface area contributed by atoms with Crippen LogP contribution in [0.25, 0.3) is 0 Å². The van der Waals surface area contributed by atoms with E-state index in [1.54, 1.807) is 0 Å². The van der Waals surface area contributed by atoms with Crippen LogP contribution < -0.4 is 15.2 Å². The second kappa shape index (κ2) is 5.88. The summed E-state index contributed by atoms with van der Waals surface area (Å²) in [7, 11) is -2.90. The van der Waals surface area contributed by atoms with Crippen molar-refractivity contribution in [3.63, 3.8) is 0 Å². The van der Waals surface area contributed by atoms with Gasteiger partial charge in [0.2, 0.25) is 15.9 Å². The number of rotatable bonds is 6. The second-order valence-corrected chi connectivity index (χ2v) is 5.60. The summed E-state index contributed by atoms with van der Waals surface area (Å²) in [5.41, 5.74) is 4.75. The topological polar surface area (TPSA) is 136 Å². The number of primary amides is 1. The molecular weight excluding hydrogens is 288 g/mol. The number of nitrogens with one attached hydrogen (secondary N) is 1. The van der Waals surface area contributed by atoms with Gasteiger partial charge in [-0.1, -0.05) is 0 Å². The van der Waals surface area contributed by atoms with Crippen LogP contribution in [0.4, 0.5) is 0 Å². The molecule has 1 amide bonds. The molecule has 1 aromatic rings. The highest BCUT2D eigenvalue weighted by Gasteiger charge is 2.25. The number of hydrogen-bond donors (Lipinski definition) is 3. The molecule has 1 unspecified atom stereocenters. The molecule has 0 spiro atoms. The van der Waals surface area contributed by atoms with Crippen molar-refractivity contribution in [1.82, 2.24) is 4.72 Å². The summed E-state index contributed by atoms with van der Waals surface area (Å²) in [6.45, 7) is 1.27. The molecule has 0 heterocycles. The van der Waals surface area contributed by atoms with E-state index in [2.05, 4.69) is 0 Å². The summed E-state index contributed by atoms with van der Waals surface area (Å²) in [4.78, 5) is 21.4. The first-order valence-electron chi connectivity index (χ1n) is 5.42. The summed E-state index contributed by atoms with van der Waals surface area (Å²) in [5.74, 6) is -2.19. The molecule has 0 radical (unpaired) electrons. The Bertz CT molecular complexity index is 640. The summed E-state index contributed by atoms with van der Waals surface area (Å²) in [6, 6.07) is 2.22. The van der Waals surface area contributed by atoms with Crippen LogP contribution in [0.3, 0.4) is 0 Å². The number of ether oxygens (including phenoxy) is 1. The number of carbonyl (C=O) groups is 2. The van der Waals surface area contributed by atoms with Crippen LogP contribution in [0.5, 0.6) is 5.75 Å². The van der Waals surface area contributed by atoms with Gasteiger partial charge in [0.15, 0.2) is 0 Å². The zero-order valence-corrected chi connectivity index (χ0v) is 11.6. The van der Waals surface area contributed by atoms with Gasteiger partial charge in [-0.15, -0.1) is 0 Å². The molecule has 0 saturated carbocycles. The van der Waals surface area contributed by atoms with E-state index >= 15 is 0 Å². The fourth-order valence-electron chi connectivity index (χ4n) is 1.37. The van der Waals surface area contributed by atoms with Crippen molar-refractivity contribution in [2.75, 3.05) is 7.11 Å². The predicted molar refractivity (Wildman–Crippen MR) is 68.9 cm³/mol. The van der Waals surface area contributed by atoms with Gasteiger partial charge in [-0.2, -0.15) is 4.72 Å². The van der Waals surface area contributed by atoms with Gasteiger partial charge in [0.1, 0.15) is 10.6 Å². The number of nitrogens with two attached hydrogens (primary N) is 1. The maximum atomic E-state index is 12.1. The first-order valence-corrected chi connectivity index (χ1v) is 6.90. The molecule has 0 aliphatic heterocycles. The standard InChI is InChI=1S/C11H14N2O6S/c1-6(10(12)14)13-20(17,18)9-5-7(11(15)16)3-4-8(9)19-2/h3-6,13H,1-2H3,(H2,12,14)(H,15,16). The van der Waals surface area contributed by atoms with Gasteiger partial charge in [-0.3, -0.25) is 4.79 Å². The number of aromatic carboxylic acids is 1. The van der Waals surface area contributed by atoms with Crippen LogP contribution in [0.1, 0.15) is 17.3 Å². The number of carboxylic acid groups (broad SMARTS) is 1. The first kappa shape index (κ1) is 15.9. The van der Waals surface area contributed by atoms with E-state index in [0.717, 1.165) is 6.07 Å². The molecule has 0 aromatic heterocycles. The highest BCUT2D eigenvalue weighted by molar-refractivity contribution is 7.89. The molecule has 110 valence electrons. The maximum Gasteiger partial charge on any atom is 0.335 e. The van der Waals surface area contributed by atoms with Gasteiger partial charge in [-0.05, 0) is 25.1 Å². The van der Waals surface area contributed by atoms with Crippen LogP contribution in [0.15, 0.2) is 23.1 Å². The van der Waals surface area contributed by atoms with Gasteiger partial charge in [0.25, 0.3) is 0 Å². The molecule has 1 aromatic carbocycles. The lowest BCUT2D eigenvalue weighted by Crippen LogP contribution is -2.42. The first-order chi connectivity index (χ1) is 9.19. The Morgan fingerprint density at radius 2 is 2.00 bits per heavy atom. The van der Waals surface area contributed by atoms with Crippen molar-refractivity contribution >= 4 is 21.9 Å². The van der Waals surface area contributed by atoms with Crippen LogP contribution in [0.2, 0.25) is 0 Å². The Hall–Kier alpha value is -2.13. The summed E-state index contributed by atoms with van der Waals surface area (Å²) < 4.78 is 31.1. The maximum absolute atomic E-state index is 12.1. The zero-order valence-electron chi connectivity index (χ0n) is 10.8. The van der Waals surface area contributed by atoms with Gasteiger partial charge in [0, 0.05) is 0 Å². The minimum Gasteiger partial charge on any atom is -0.495 e. The molecule has 0 aliphatic rings. The van der Waals surface area contributed by atoms with E-state index in [1.807, 2.05) is 4.72 Å². The lowest BCUT2D eigenvalue weighted by atomic mass is 10.2. The Balaban J connectivity index is 3.31. The fraction of sp³-hybridized carbons (Fsp3) is 0.273. The van der Waals surface area contributed by atoms with Crippen LogP contribution in [-0.2, 0) is 14.8 Å². The molecule has 0 aliphatic carbocycles. The minimum atomic E-state index is -4.14. The van der Waals surface area contributed by atoms with Crippen LogP contribution >= 0.6 is 0 Å². The number of methoxy groups -OCH3 is 1. The Morgan fingerprint density at radius 3 is 2.45 bits per heavy atom. The van der Waals surface area contributed by atoms with Crippen molar-refractivity contribution in [2.24, 2.45) is 5.73 Å². The SMILES string of the molecule is COc1ccc(C(=O)O)cc1S(=O)(=O)NC(C)C(N)=O. The molecule has 9 heteroatoms. The quantitative estimate of drug-likeness (QED) is 0.651. The van der Waals surface area contributed by atoms with Crippen LogP contribution in [0, 0.1) is 0 Å². The summed E-state index contributed by atoms with van der Waals surface area (Å²) in [6.07, 6.45) is 0.